The molecule has 1 aliphatic heterocycles. The number of likely N-dealkylation sites (tertiary alicyclic amines) is 1. The Labute approximate surface area is 84.4 Å². The third-order valence-electron chi connectivity index (χ3n) is 2.84. The Hall–Kier alpha value is -0.900. The second kappa shape index (κ2) is 5.10. The summed E-state index contributed by atoms with van der Waals surface area (Å²) in [6, 6.07) is -0.197. The average molecular weight is 198 g/mol. The molecule has 4 heteroatoms. The number of amides is 1. The summed E-state index contributed by atoms with van der Waals surface area (Å²) in [5.41, 5.74) is 5.30. The number of hydrogen-bond donors (Lipinski definition) is 1. The van der Waals surface area contributed by atoms with Crippen LogP contribution in [0.1, 0.15) is 26.2 Å². The smallest absolute Gasteiger partial charge is 0.234 e. The topological polar surface area (TPSA) is 63.4 Å². The zero-order valence-corrected chi connectivity index (χ0v) is 8.61. The second-order valence-corrected chi connectivity index (χ2v) is 3.86. The SMILES string of the molecule is CCC(C(N)=O)N1CCCC(C=O)C1. The number of nitrogens with zero attached hydrogens (tertiary/aromatic N) is 1. The summed E-state index contributed by atoms with van der Waals surface area (Å²) < 4.78 is 0. The first-order valence-electron chi connectivity index (χ1n) is 5.17. The number of piperidine rings is 1. The number of rotatable bonds is 4. The molecule has 1 rings (SSSR count). The first-order chi connectivity index (χ1) is 6.69. The molecule has 4 nitrogen and oxygen atoms in total. The van der Waals surface area contributed by atoms with Gasteiger partial charge in [-0.25, -0.2) is 0 Å². The van der Waals surface area contributed by atoms with E-state index >= 15 is 0 Å². The van der Waals surface area contributed by atoms with Gasteiger partial charge in [0.2, 0.25) is 5.91 Å². The van der Waals surface area contributed by atoms with E-state index in [4.69, 9.17) is 5.73 Å². The molecule has 80 valence electrons. The molecule has 0 spiro atoms. The summed E-state index contributed by atoms with van der Waals surface area (Å²) in [4.78, 5) is 23.8. The van der Waals surface area contributed by atoms with Crippen LogP contribution in [0.3, 0.4) is 0 Å². The Balaban J connectivity index is 2.57. The Morgan fingerprint density at radius 2 is 2.43 bits per heavy atom. The Morgan fingerprint density at radius 1 is 1.71 bits per heavy atom. The van der Waals surface area contributed by atoms with E-state index in [1.807, 2.05) is 11.8 Å². The summed E-state index contributed by atoms with van der Waals surface area (Å²) in [5, 5.41) is 0. The zero-order chi connectivity index (χ0) is 10.6. The lowest BCUT2D eigenvalue weighted by Gasteiger charge is -2.34. The molecule has 0 bridgehead atoms. The summed E-state index contributed by atoms with van der Waals surface area (Å²) in [5.74, 6) is -0.198. The second-order valence-electron chi connectivity index (χ2n) is 3.86. The molecule has 1 fully saturated rings. The number of carbonyl (C=O) groups excluding carboxylic acids is 2. The predicted molar refractivity (Wildman–Crippen MR) is 53.6 cm³/mol. The fourth-order valence-corrected chi connectivity index (χ4v) is 2.07. The third-order valence-corrected chi connectivity index (χ3v) is 2.84. The quantitative estimate of drug-likeness (QED) is 0.654. The van der Waals surface area contributed by atoms with E-state index in [1.54, 1.807) is 0 Å². The zero-order valence-electron chi connectivity index (χ0n) is 8.61. The van der Waals surface area contributed by atoms with Crippen LogP contribution in [0.15, 0.2) is 0 Å². The maximum atomic E-state index is 11.1. The Bertz CT molecular complexity index is 218. The van der Waals surface area contributed by atoms with Crippen molar-refractivity contribution in [3.8, 4) is 0 Å². The molecule has 0 aromatic heterocycles. The lowest BCUT2D eigenvalue weighted by molar-refractivity contribution is -0.125. The van der Waals surface area contributed by atoms with E-state index in [9.17, 15) is 9.59 Å². The van der Waals surface area contributed by atoms with Gasteiger partial charge in [0, 0.05) is 12.5 Å². The van der Waals surface area contributed by atoms with Crippen molar-refractivity contribution < 1.29 is 9.59 Å². The van der Waals surface area contributed by atoms with Gasteiger partial charge in [-0.15, -0.1) is 0 Å². The van der Waals surface area contributed by atoms with E-state index in [2.05, 4.69) is 0 Å². The molecule has 0 saturated carbocycles. The standard InChI is InChI=1S/C10H18N2O2/c1-2-9(10(11)14)12-5-3-4-8(6-12)7-13/h7-9H,2-6H2,1H3,(H2,11,14). The molecule has 2 N–H and O–H groups in total. The van der Waals surface area contributed by atoms with E-state index in [0.717, 1.165) is 32.1 Å². The van der Waals surface area contributed by atoms with Crippen molar-refractivity contribution in [1.29, 1.82) is 0 Å². The van der Waals surface area contributed by atoms with Crippen molar-refractivity contribution in [2.45, 2.75) is 32.2 Å². The molecule has 1 heterocycles. The number of nitrogens with two attached hydrogens (primary N) is 1. The fourth-order valence-electron chi connectivity index (χ4n) is 2.07. The molecule has 0 radical (unpaired) electrons. The molecule has 0 aromatic carbocycles. The monoisotopic (exact) mass is 198 g/mol. The maximum Gasteiger partial charge on any atom is 0.234 e. The molecule has 1 saturated heterocycles. The molecular weight excluding hydrogens is 180 g/mol. The van der Waals surface area contributed by atoms with Crippen LogP contribution < -0.4 is 5.73 Å². The van der Waals surface area contributed by atoms with E-state index < -0.39 is 0 Å². The molecule has 2 atom stereocenters. The van der Waals surface area contributed by atoms with Crippen molar-refractivity contribution in [1.82, 2.24) is 4.90 Å². The average Bonchev–Trinajstić information content (AvgIpc) is 2.19. The first kappa shape index (κ1) is 11.2. The highest BCUT2D eigenvalue weighted by Crippen LogP contribution is 2.17. The van der Waals surface area contributed by atoms with Gasteiger partial charge in [-0.2, -0.15) is 0 Å². The number of hydrogen-bond acceptors (Lipinski definition) is 3. The van der Waals surface area contributed by atoms with Gasteiger partial charge in [0.25, 0.3) is 0 Å². The minimum atomic E-state index is -0.279. The Kier molecular flexibility index (Phi) is 4.07. The van der Waals surface area contributed by atoms with Crippen molar-refractivity contribution in [2.75, 3.05) is 13.1 Å². The highest BCUT2D eigenvalue weighted by molar-refractivity contribution is 5.79. The molecule has 0 aromatic rings. The van der Waals surface area contributed by atoms with Gasteiger partial charge >= 0.3 is 0 Å². The molecule has 2 unspecified atom stereocenters. The molecular formula is C10H18N2O2. The van der Waals surface area contributed by atoms with E-state index in [0.29, 0.717) is 6.54 Å². The molecule has 0 aliphatic carbocycles. The van der Waals surface area contributed by atoms with Gasteiger partial charge in [-0.05, 0) is 25.8 Å². The third kappa shape index (κ3) is 2.54. The van der Waals surface area contributed by atoms with E-state index in [-0.39, 0.29) is 17.9 Å². The lowest BCUT2D eigenvalue weighted by atomic mass is 9.97. The van der Waals surface area contributed by atoms with Gasteiger partial charge < -0.3 is 10.5 Å². The normalized spacial score (nSPS) is 25.6. The van der Waals surface area contributed by atoms with E-state index in [1.165, 1.54) is 0 Å². The largest absolute Gasteiger partial charge is 0.368 e. The fraction of sp³-hybridized carbons (Fsp3) is 0.800. The number of primary amides is 1. The number of carbonyl (C=O) groups is 2. The van der Waals surface area contributed by atoms with Crippen molar-refractivity contribution in [3.05, 3.63) is 0 Å². The number of aldehydes is 1. The van der Waals surface area contributed by atoms with Crippen molar-refractivity contribution in [3.63, 3.8) is 0 Å². The van der Waals surface area contributed by atoms with Crippen LogP contribution in [-0.4, -0.2) is 36.2 Å². The lowest BCUT2D eigenvalue weighted by Crippen LogP contribution is -2.49. The first-order valence-corrected chi connectivity index (χ1v) is 5.17. The highest BCUT2D eigenvalue weighted by Gasteiger charge is 2.27. The molecule has 1 aliphatic rings. The maximum absolute atomic E-state index is 11.1. The van der Waals surface area contributed by atoms with Crippen LogP contribution in [0.25, 0.3) is 0 Å². The van der Waals surface area contributed by atoms with Gasteiger partial charge in [0.1, 0.15) is 6.29 Å². The Morgan fingerprint density at radius 3 is 2.93 bits per heavy atom. The van der Waals surface area contributed by atoms with Gasteiger partial charge in [-0.1, -0.05) is 6.92 Å². The summed E-state index contributed by atoms with van der Waals surface area (Å²) >= 11 is 0. The van der Waals surface area contributed by atoms with Crippen LogP contribution in [0.2, 0.25) is 0 Å². The van der Waals surface area contributed by atoms with Crippen LogP contribution in [-0.2, 0) is 9.59 Å². The molecule has 1 amide bonds. The van der Waals surface area contributed by atoms with Crippen molar-refractivity contribution >= 4 is 12.2 Å². The highest BCUT2D eigenvalue weighted by atomic mass is 16.1. The summed E-state index contributed by atoms with van der Waals surface area (Å²) in [6.07, 6.45) is 3.63. The van der Waals surface area contributed by atoms with Crippen LogP contribution in [0, 0.1) is 5.92 Å². The van der Waals surface area contributed by atoms with Gasteiger partial charge in [-0.3, -0.25) is 9.69 Å². The summed E-state index contributed by atoms with van der Waals surface area (Å²) in [6.45, 7) is 3.51. The molecule has 14 heavy (non-hydrogen) atoms. The minimum Gasteiger partial charge on any atom is -0.368 e. The predicted octanol–water partition coefficient (Wildman–Crippen LogP) is 0.161. The summed E-state index contributed by atoms with van der Waals surface area (Å²) in [7, 11) is 0. The minimum absolute atomic E-state index is 0.0807. The van der Waals surface area contributed by atoms with Crippen LogP contribution >= 0.6 is 0 Å². The van der Waals surface area contributed by atoms with Gasteiger partial charge in [0.05, 0.1) is 6.04 Å². The van der Waals surface area contributed by atoms with Gasteiger partial charge in [0.15, 0.2) is 0 Å². The van der Waals surface area contributed by atoms with Crippen molar-refractivity contribution in [2.24, 2.45) is 11.7 Å². The van der Waals surface area contributed by atoms with Crippen LogP contribution in [0.4, 0.5) is 0 Å². The van der Waals surface area contributed by atoms with Crippen LogP contribution in [0.5, 0.6) is 0 Å².